The van der Waals surface area contributed by atoms with Gasteiger partial charge in [0.05, 0.1) is 40.1 Å². The smallest absolute Gasteiger partial charge is 0.264 e. The normalized spacial score (nSPS) is 11.7. The van der Waals surface area contributed by atoms with E-state index in [4.69, 9.17) is 4.18 Å². The van der Waals surface area contributed by atoms with Gasteiger partial charge in [-0.1, -0.05) is 23.8 Å². The highest BCUT2D eigenvalue weighted by atomic mass is 32.2. The number of fused-ring (bicyclic) bond motifs is 1. The van der Waals surface area contributed by atoms with Gasteiger partial charge in [-0.3, -0.25) is 19.0 Å². The highest BCUT2D eigenvalue weighted by Gasteiger charge is 2.17. The molecular weight excluding hydrogens is 346 g/mol. The summed E-state index contributed by atoms with van der Waals surface area (Å²) in [6, 6.07) is 11.0. The standard InChI is InChI=1S/C16H15N3O5S/c1-12-5-7-13(8-6-12)25(22,23)24-10-9-18-15-3-2-4-16(19(20)21)14(15)11-17-18/h2-8,11H,9-10H2,1H3. The van der Waals surface area contributed by atoms with Crippen molar-refractivity contribution in [3.8, 4) is 0 Å². The fraction of sp³-hybridized carbons (Fsp3) is 0.188. The van der Waals surface area contributed by atoms with Crippen LogP contribution in [0.3, 0.4) is 0 Å². The topological polar surface area (TPSA) is 104 Å². The molecule has 2 aromatic carbocycles. The zero-order chi connectivity index (χ0) is 18.0. The van der Waals surface area contributed by atoms with Crippen LogP contribution in [0.15, 0.2) is 53.6 Å². The molecule has 0 aliphatic heterocycles. The second kappa shape index (κ2) is 6.61. The minimum absolute atomic E-state index is 0.0445. The van der Waals surface area contributed by atoms with Crippen LogP contribution in [-0.4, -0.2) is 29.7 Å². The summed E-state index contributed by atoms with van der Waals surface area (Å²) in [5, 5.41) is 15.5. The SMILES string of the molecule is Cc1ccc(S(=O)(=O)OCCn2ncc3c([N+](=O)[O-])cccc32)cc1. The van der Waals surface area contributed by atoms with Crippen LogP contribution in [0.5, 0.6) is 0 Å². The van der Waals surface area contributed by atoms with Gasteiger partial charge in [0.1, 0.15) is 0 Å². The molecule has 3 rings (SSSR count). The predicted molar refractivity (Wildman–Crippen MR) is 90.7 cm³/mol. The maximum Gasteiger partial charge on any atom is 0.297 e. The van der Waals surface area contributed by atoms with E-state index in [0.717, 1.165) is 5.56 Å². The number of hydrogen-bond acceptors (Lipinski definition) is 6. The first kappa shape index (κ1) is 17.1. The van der Waals surface area contributed by atoms with E-state index in [1.165, 1.54) is 29.1 Å². The summed E-state index contributed by atoms with van der Waals surface area (Å²) in [4.78, 5) is 10.6. The van der Waals surface area contributed by atoms with Crippen LogP contribution < -0.4 is 0 Å². The van der Waals surface area contributed by atoms with Gasteiger partial charge in [0.15, 0.2) is 0 Å². The highest BCUT2D eigenvalue weighted by Crippen LogP contribution is 2.24. The van der Waals surface area contributed by atoms with Crippen molar-refractivity contribution >= 4 is 26.7 Å². The molecule has 130 valence electrons. The summed E-state index contributed by atoms with van der Waals surface area (Å²) in [7, 11) is -3.85. The van der Waals surface area contributed by atoms with Gasteiger partial charge in [-0.2, -0.15) is 13.5 Å². The number of aryl methyl sites for hydroxylation is 1. The molecule has 3 aromatic rings. The van der Waals surface area contributed by atoms with Crippen LogP contribution in [0.1, 0.15) is 5.56 Å². The Bertz CT molecular complexity index is 1030. The Hall–Kier alpha value is -2.78. The Kier molecular flexibility index (Phi) is 4.51. The molecule has 0 saturated carbocycles. The molecular formula is C16H15N3O5S. The van der Waals surface area contributed by atoms with Crippen LogP contribution in [0.25, 0.3) is 10.9 Å². The van der Waals surface area contributed by atoms with Crippen molar-refractivity contribution in [1.29, 1.82) is 0 Å². The average molecular weight is 361 g/mol. The fourth-order valence-corrected chi connectivity index (χ4v) is 3.33. The molecule has 0 radical (unpaired) electrons. The van der Waals surface area contributed by atoms with E-state index < -0.39 is 15.0 Å². The van der Waals surface area contributed by atoms with E-state index in [2.05, 4.69) is 5.10 Å². The highest BCUT2D eigenvalue weighted by molar-refractivity contribution is 7.86. The molecule has 8 nitrogen and oxygen atoms in total. The Morgan fingerprint density at radius 2 is 1.92 bits per heavy atom. The van der Waals surface area contributed by atoms with Crippen LogP contribution in [0.2, 0.25) is 0 Å². The summed E-state index contributed by atoms with van der Waals surface area (Å²) < 4.78 is 30.8. The van der Waals surface area contributed by atoms with Gasteiger partial charge < -0.3 is 0 Å². The molecule has 1 aromatic heterocycles. The minimum atomic E-state index is -3.85. The van der Waals surface area contributed by atoms with Gasteiger partial charge in [0.25, 0.3) is 15.8 Å². The van der Waals surface area contributed by atoms with Crippen LogP contribution >= 0.6 is 0 Å². The zero-order valence-corrected chi connectivity index (χ0v) is 14.1. The molecule has 0 unspecified atom stereocenters. The quantitative estimate of drug-likeness (QED) is 0.380. The largest absolute Gasteiger partial charge is 0.297 e. The molecule has 9 heteroatoms. The summed E-state index contributed by atoms with van der Waals surface area (Å²) in [6.07, 6.45) is 1.39. The summed E-state index contributed by atoms with van der Waals surface area (Å²) in [5.41, 5.74) is 1.45. The van der Waals surface area contributed by atoms with E-state index >= 15 is 0 Å². The lowest BCUT2D eigenvalue weighted by atomic mass is 10.2. The molecule has 0 saturated heterocycles. The molecule has 0 aliphatic rings. The molecule has 0 amide bonds. The van der Waals surface area contributed by atoms with Gasteiger partial charge in [-0.05, 0) is 25.1 Å². The number of non-ortho nitro benzene ring substituents is 1. The van der Waals surface area contributed by atoms with Crippen molar-refractivity contribution in [2.75, 3.05) is 6.61 Å². The van der Waals surface area contributed by atoms with E-state index in [1.807, 2.05) is 6.92 Å². The number of hydrogen-bond donors (Lipinski definition) is 0. The third-order valence-electron chi connectivity index (χ3n) is 3.71. The van der Waals surface area contributed by atoms with Crippen molar-refractivity contribution in [1.82, 2.24) is 9.78 Å². The van der Waals surface area contributed by atoms with Gasteiger partial charge in [-0.25, -0.2) is 0 Å². The van der Waals surface area contributed by atoms with E-state index in [0.29, 0.717) is 10.9 Å². The van der Waals surface area contributed by atoms with Gasteiger partial charge in [0, 0.05) is 6.07 Å². The molecule has 1 heterocycles. The minimum Gasteiger partial charge on any atom is -0.264 e. The lowest BCUT2D eigenvalue weighted by molar-refractivity contribution is -0.383. The molecule has 0 atom stereocenters. The Morgan fingerprint density at radius 1 is 1.20 bits per heavy atom. The number of rotatable bonds is 6. The lowest BCUT2D eigenvalue weighted by Gasteiger charge is -2.07. The Morgan fingerprint density at radius 3 is 2.60 bits per heavy atom. The summed E-state index contributed by atoms with van der Waals surface area (Å²) >= 11 is 0. The van der Waals surface area contributed by atoms with Crippen molar-refractivity contribution in [2.24, 2.45) is 0 Å². The maximum atomic E-state index is 12.1. The van der Waals surface area contributed by atoms with E-state index in [-0.39, 0.29) is 23.7 Å². The lowest BCUT2D eigenvalue weighted by Crippen LogP contribution is -2.13. The van der Waals surface area contributed by atoms with E-state index in [1.54, 1.807) is 24.3 Å². The molecule has 0 bridgehead atoms. The second-order valence-corrected chi connectivity index (χ2v) is 7.04. The molecule has 0 fully saturated rings. The van der Waals surface area contributed by atoms with Gasteiger partial charge in [0.2, 0.25) is 0 Å². The third kappa shape index (κ3) is 3.52. The maximum absolute atomic E-state index is 12.1. The zero-order valence-electron chi connectivity index (χ0n) is 13.3. The first-order valence-electron chi connectivity index (χ1n) is 7.43. The van der Waals surface area contributed by atoms with Crippen LogP contribution in [0, 0.1) is 17.0 Å². The number of benzene rings is 2. The summed E-state index contributed by atoms with van der Waals surface area (Å²) in [6.45, 7) is 1.88. The van der Waals surface area contributed by atoms with Crippen LogP contribution in [-0.2, 0) is 20.8 Å². The first-order chi connectivity index (χ1) is 11.9. The monoisotopic (exact) mass is 361 g/mol. The number of nitro benzene ring substituents is 1. The average Bonchev–Trinajstić information content (AvgIpc) is 2.98. The second-order valence-electron chi connectivity index (χ2n) is 5.42. The molecule has 0 spiro atoms. The predicted octanol–water partition coefficient (Wildman–Crippen LogP) is 2.66. The first-order valence-corrected chi connectivity index (χ1v) is 8.84. The van der Waals surface area contributed by atoms with Crippen LogP contribution in [0.4, 0.5) is 5.69 Å². The van der Waals surface area contributed by atoms with E-state index in [9.17, 15) is 18.5 Å². The Balaban J connectivity index is 1.74. The van der Waals surface area contributed by atoms with Crippen molar-refractivity contribution in [2.45, 2.75) is 18.4 Å². The van der Waals surface area contributed by atoms with Gasteiger partial charge >= 0.3 is 0 Å². The molecule has 0 N–H and O–H groups in total. The Labute approximate surface area is 143 Å². The van der Waals surface area contributed by atoms with Crippen molar-refractivity contribution < 1.29 is 17.5 Å². The fourth-order valence-electron chi connectivity index (χ4n) is 2.43. The number of aromatic nitrogens is 2. The van der Waals surface area contributed by atoms with Crippen molar-refractivity contribution in [3.05, 3.63) is 64.3 Å². The number of nitro groups is 1. The van der Waals surface area contributed by atoms with Crippen molar-refractivity contribution in [3.63, 3.8) is 0 Å². The summed E-state index contributed by atoms with van der Waals surface area (Å²) in [5.74, 6) is 0. The van der Waals surface area contributed by atoms with Gasteiger partial charge in [-0.15, -0.1) is 0 Å². The molecule has 0 aliphatic carbocycles. The number of nitrogens with zero attached hydrogens (tertiary/aromatic N) is 3. The molecule has 25 heavy (non-hydrogen) atoms. The third-order valence-corrected chi connectivity index (χ3v) is 5.04.